The highest BCUT2D eigenvalue weighted by atomic mass is 15.0. The van der Waals surface area contributed by atoms with Crippen molar-refractivity contribution in [3.05, 3.63) is 186 Å². The van der Waals surface area contributed by atoms with Crippen LogP contribution in [0, 0.1) is 47.8 Å². The third kappa shape index (κ3) is 5.35. The van der Waals surface area contributed by atoms with E-state index in [1.165, 1.54) is 0 Å². The maximum atomic E-state index is 10.8. The van der Waals surface area contributed by atoms with Gasteiger partial charge in [-0.05, 0) is 102 Å². The molecule has 10 aromatic rings. The molecule has 0 spiro atoms. The summed E-state index contributed by atoms with van der Waals surface area (Å²) in [5, 5.41) is 35.3. The molecule has 7 aromatic carbocycles. The predicted molar refractivity (Wildman–Crippen MR) is 233 cm³/mol. The van der Waals surface area contributed by atoms with Gasteiger partial charge >= 0.3 is 0 Å². The van der Waals surface area contributed by atoms with E-state index in [-0.39, 0.29) is 0 Å². The number of pyridine rings is 1. The predicted octanol–water partition coefficient (Wildman–Crippen LogP) is 12.5. The minimum Gasteiger partial charge on any atom is -0.308 e. The Bertz CT molecular complexity index is 3250. The number of para-hydroxylation sites is 2. The van der Waals surface area contributed by atoms with Crippen LogP contribution in [0.15, 0.2) is 158 Å². The van der Waals surface area contributed by atoms with Crippen LogP contribution in [0.5, 0.6) is 0 Å². The first-order valence-corrected chi connectivity index (χ1v) is 19.1. The van der Waals surface area contributed by atoms with Gasteiger partial charge < -0.3 is 9.13 Å². The van der Waals surface area contributed by atoms with Crippen molar-refractivity contribution in [3.63, 3.8) is 0 Å². The number of nitriles is 3. The van der Waals surface area contributed by atoms with E-state index in [0.717, 1.165) is 99.8 Å². The van der Waals surface area contributed by atoms with E-state index < -0.39 is 0 Å². The molecule has 6 heteroatoms. The SMILES string of the molecule is Cc1cc(-c2c(-n3c4ccccc4c4ccc(-c5ccccc5C#N)cc43)cc(C#N)cc2-n2c3ccccc3c3ccc(-c4ccccc4C#N)cc32)cc(C)n1. The van der Waals surface area contributed by atoms with Crippen LogP contribution in [0.25, 0.3) is 88.4 Å². The summed E-state index contributed by atoms with van der Waals surface area (Å²) in [7, 11) is 0. The molecule has 10 rings (SSSR count). The van der Waals surface area contributed by atoms with Crippen LogP contribution in [0.1, 0.15) is 28.1 Å². The molecule has 0 aliphatic rings. The second-order valence-corrected chi connectivity index (χ2v) is 14.6. The molecule has 0 fully saturated rings. The summed E-state index contributed by atoms with van der Waals surface area (Å²) in [4.78, 5) is 4.78. The molecule has 0 atom stereocenters. The highest BCUT2D eigenvalue weighted by Crippen LogP contribution is 2.44. The number of aryl methyl sites for hydroxylation is 2. The van der Waals surface area contributed by atoms with Gasteiger partial charge in [-0.2, -0.15) is 15.8 Å². The molecular formula is C52H32N6. The van der Waals surface area contributed by atoms with Crippen LogP contribution >= 0.6 is 0 Å². The fraction of sp³-hybridized carbons (Fsp3) is 0.0385. The molecule has 0 aliphatic carbocycles. The zero-order chi connectivity index (χ0) is 39.5. The molecule has 0 saturated carbocycles. The number of fused-ring (bicyclic) bond motifs is 6. The van der Waals surface area contributed by atoms with Crippen LogP contribution in [0.4, 0.5) is 0 Å². The second-order valence-electron chi connectivity index (χ2n) is 14.6. The van der Waals surface area contributed by atoms with Gasteiger partial charge in [0.05, 0.1) is 68.3 Å². The molecule has 0 saturated heterocycles. The van der Waals surface area contributed by atoms with E-state index in [1.807, 2.05) is 86.6 Å². The summed E-state index contributed by atoms with van der Waals surface area (Å²) in [6.07, 6.45) is 0. The molecule has 270 valence electrons. The molecule has 0 aliphatic heterocycles. The lowest BCUT2D eigenvalue weighted by molar-refractivity contribution is 1.11. The molecule has 0 amide bonds. The van der Waals surface area contributed by atoms with Gasteiger partial charge in [0.25, 0.3) is 0 Å². The summed E-state index contributed by atoms with van der Waals surface area (Å²) in [6, 6.07) is 60.4. The molecule has 3 aromatic heterocycles. The number of aromatic nitrogens is 3. The zero-order valence-electron chi connectivity index (χ0n) is 31.7. The van der Waals surface area contributed by atoms with E-state index in [9.17, 15) is 15.8 Å². The third-order valence-electron chi connectivity index (χ3n) is 11.1. The van der Waals surface area contributed by atoms with Gasteiger partial charge in [-0.25, -0.2) is 0 Å². The number of benzene rings is 7. The lowest BCUT2D eigenvalue weighted by Gasteiger charge is -2.21. The van der Waals surface area contributed by atoms with Crippen molar-refractivity contribution >= 4 is 43.6 Å². The highest BCUT2D eigenvalue weighted by molar-refractivity contribution is 6.13. The van der Waals surface area contributed by atoms with E-state index in [1.54, 1.807) is 0 Å². The zero-order valence-corrected chi connectivity index (χ0v) is 31.7. The van der Waals surface area contributed by atoms with Crippen LogP contribution < -0.4 is 0 Å². The summed E-state index contributed by atoms with van der Waals surface area (Å²) >= 11 is 0. The Morgan fingerprint density at radius 3 is 1.31 bits per heavy atom. The van der Waals surface area contributed by atoms with E-state index in [0.29, 0.717) is 16.7 Å². The lowest BCUT2D eigenvalue weighted by atomic mass is 9.97. The maximum absolute atomic E-state index is 10.8. The minimum absolute atomic E-state index is 0.505. The monoisotopic (exact) mass is 740 g/mol. The molecule has 0 bridgehead atoms. The van der Waals surface area contributed by atoms with Crippen molar-refractivity contribution in [1.82, 2.24) is 14.1 Å². The van der Waals surface area contributed by atoms with Gasteiger partial charge in [0.1, 0.15) is 0 Å². The molecule has 0 N–H and O–H groups in total. The van der Waals surface area contributed by atoms with E-state index in [2.05, 4.69) is 112 Å². The molecular weight excluding hydrogens is 709 g/mol. The topological polar surface area (TPSA) is 94.1 Å². The Labute approximate surface area is 335 Å². The van der Waals surface area contributed by atoms with Gasteiger partial charge in [0, 0.05) is 38.5 Å². The molecule has 0 unspecified atom stereocenters. The molecule has 58 heavy (non-hydrogen) atoms. The average molecular weight is 741 g/mol. The Morgan fingerprint density at radius 1 is 0.414 bits per heavy atom. The van der Waals surface area contributed by atoms with Crippen LogP contribution in [0.3, 0.4) is 0 Å². The smallest absolute Gasteiger partial charge is 0.0998 e. The van der Waals surface area contributed by atoms with Gasteiger partial charge in [0.2, 0.25) is 0 Å². The van der Waals surface area contributed by atoms with Crippen molar-refractivity contribution in [3.8, 4) is 63.0 Å². The summed E-state index contributed by atoms with van der Waals surface area (Å²) in [5.74, 6) is 0. The van der Waals surface area contributed by atoms with Crippen LogP contribution in [-0.4, -0.2) is 14.1 Å². The Morgan fingerprint density at radius 2 is 0.845 bits per heavy atom. The first kappa shape index (κ1) is 34.3. The number of hydrogen-bond acceptors (Lipinski definition) is 4. The Balaban J connectivity index is 1.38. The largest absolute Gasteiger partial charge is 0.308 e. The minimum atomic E-state index is 0.505. The quantitative estimate of drug-likeness (QED) is 0.175. The summed E-state index contributed by atoms with van der Waals surface area (Å²) in [6.45, 7) is 4.02. The van der Waals surface area contributed by atoms with Crippen molar-refractivity contribution in [2.24, 2.45) is 0 Å². The summed E-state index contributed by atoms with van der Waals surface area (Å²) in [5.41, 5.74) is 14.5. The first-order valence-electron chi connectivity index (χ1n) is 19.1. The van der Waals surface area contributed by atoms with E-state index >= 15 is 0 Å². The Hall–Kier alpha value is -8.24. The number of hydrogen-bond donors (Lipinski definition) is 0. The maximum Gasteiger partial charge on any atom is 0.0998 e. The lowest BCUT2D eigenvalue weighted by Crippen LogP contribution is -2.06. The normalized spacial score (nSPS) is 11.2. The highest BCUT2D eigenvalue weighted by Gasteiger charge is 2.24. The van der Waals surface area contributed by atoms with Crippen molar-refractivity contribution in [2.45, 2.75) is 13.8 Å². The standard InChI is InChI=1S/C52H32N6/c1-32-23-39(24-33(2)56-32)52-50(57-46-17-9-7-15-42(46)44-21-19-35(27-48(44)57)40-13-5-3-11-37(40)30-54)25-34(29-53)26-51(52)58-47-18-10-8-16-43(47)45-22-20-36(28-49(45)58)41-14-6-4-12-38(41)31-55/h3-28H,1-2H3. The van der Waals surface area contributed by atoms with Gasteiger partial charge in [-0.3, -0.25) is 4.98 Å². The molecule has 6 nitrogen and oxygen atoms in total. The first-order chi connectivity index (χ1) is 28.4. The van der Waals surface area contributed by atoms with Crippen molar-refractivity contribution in [2.75, 3.05) is 0 Å². The fourth-order valence-electron chi connectivity index (χ4n) is 8.76. The van der Waals surface area contributed by atoms with Gasteiger partial charge in [-0.1, -0.05) is 97.1 Å². The van der Waals surface area contributed by atoms with Gasteiger partial charge in [0.15, 0.2) is 0 Å². The molecule has 3 heterocycles. The van der Waals surface area contributed by atoms with Crippen molar-refractivity contribution in [1.29, 1.82) is 15.8 Å². The van der Waals surface area contributed by atoms with Crippen molar-refractivity contribution < 1.29 is 0 Å². The summed E-state index contributed by atoms with van der Waals surface area (Å²) < 4.78 is 4.55. The third-order valence-corrected chi connectivity index (χ3v) is 11.1. The fourth-order valence-corrected chi connectivity index (χ4v) is 8.76. The number of rotatable bonds is 5. The number of nitrogens with zero attached hydrogens (tertiary/aromatic N) is 6. The van der Waals surface area contributed by atoms with Gasteiger partial charge in [-0.15, -0.1) is 0 Å². The average Bonchev–Trinajstić information content (AvgIpc) is 3.77. The van der Waals surface area contributed by atoms with E-state index in [4.69, 9.17) is 4.98 Å². The Kier molecular flexibility index (Phi) is 7.98. The van der Waals surface area contributed by atoms with Crippen LogP contribution in [-0.2, 0) is 0 Å². The van der Waals surface area contributed by atoms with Crippen LogP contribution in [0.2, 0.25) is 0 Å². The molecule has 0 radical (unpaired) electrons. The second kappa shape index (κ2) is 13.5.